The van der Waals surface area contributed by atoms with E-state index in [2.05, 4.69) is 10.2 Å². The Morgan fingerprint density at radius 1 is 1.15 bits per heavy atom. The first-order valence-electron chi connectivity index (χ1n) is 10.2. The van der Waals surface area contributed by atoms with E-state index in [9.17, 15) is 22.8 Å². The zero-order chi connectivity index (χ0) is 24.5. The average Bonchev–Trinajstić information content (AvgIpc) is 3.23. The molecule has 178 valence electrons. The molecule has 0 spiro atoms. The maximum atomic E-state index is 13.3. The maximum Gasteiger partial charge on any atom is 0.405 e. The summed E-state index contributed by atoms with van der Waals surface area (Å²) in [4.78, 5) is 25.5. The summed E-state index contributed by atoms with van der Waals surface area (Å²) in [5, 5.41) is 9.99. The molecule has 4 aromatic rings. The largest absolute Gasteiger partial charge is 0.496 e. The topological polar surface area (TPSA) is 90.5 Å². The van der Waals surface area contributed by atoms with E-state index in [-0.39, 0.29) is 23.0 Å². The lowest BCUT2D eigenvalue weighted by Gasteiger charge is -2.15. The molecule has 0 radical (unpaired) electrons. The van der Waals surface area contributed by atoms with E-state index >= 15 is 0 Å². The summed E-state index contributed by atoms with van der Waals surface area (Å²) in [6, 6.07) is 14.1. The second-order valence-corrected chi connectivity index (χ2v) is 8.74. The van der Waals surface area contributed by atoms with Gasteiger partial charge >= 0.3 is 6.18 Å². The molecule has 1 unspecified atom stereocenters. The molecule has 8 nitrogen and oxygen atoms in total. The number of nitrogens with one attached hydrogen (secondary N) is 1. The number of carbonyl (C=O) groups excluding carboxylic acids is 1. The summed E-state index contributed by atoms with van der Waals surface area (Å²) in [7, 11) is 1.54. The molecular formula is C22H20F3N5O3S. The van der Waals surface area contributed by atoms with Crippen molar-refractivity contribution < 1.29 is 22.7 Å². The van der Waals surface area contributed by atoms with E-state index < -0.39 is 23.9 Å². The molecule has 0 fully saturated rings. The molecular weight excluding hydrogens is 471 g/mol. The summed E-state index contributed by atoms with van der Waals surface area (Å²) in [6.45, 7) is 0.213. The quantitative estimate of drug-likeness (QED) is 0.399. The minimum absolute atomic E-state index is 0.154. The number of hydrogen-bond donors (Lipinski definition) is 1. The smallest absolute Gasteiger partial charge is 0.405 e. The number of carbonyl (C=O) groups is 1. The molecule has 1 atom stereocenters. The van der Waals surface area contributed by atoms with E-state index in [1.165, 1.54) is 18.6 Å². The summed E-state index contributed by atoms with van der Waals surface area (Å²) in [5.41, 5.74) is 0.990. The number of halogens is 3. The standard InChI is InChI=1S/C22H20F3N5O3S/c1-13(18(31)26-12-22(23,24)25)34-21-28-27-20-29(11-14-7-3-6-10-17(14)33-2)19(32)15-8-4-5-9-16(15)30(20)21/h3-10,13H,11-12H2,1-2H3,(H,26,31). The van der Waals surface area contributed by atoms with Crippen LogP contribution >= 0.6 is 11.8 Å². The minimum atomic E-state index is -4.51. The maximum absolute atomic E-state index is 13.3. The molecule has 0 saturated heterocycles. The molecule has 0 aliphatic carbocycles. The first-order valence-corrected chi connectivity index (χ1v) is 11.1. The lowest BCUT2D eigenvalue weighted by molar-refractivity contribution is -0.137. The molecule has 0 bridgehead atoms. The Balaban J connectivity index is 1.78. The molecule has 1 amide bonds. The number of fused-ring (bicyclic) bond motifs is 3. The van der Waals surface area contributed by atoms with Crippen LogP contribution in [0.15, 0.2) is 58.5 Å². The zero-order valence-corrected chi connectivity index (χ0v) is 19.0. The number of thioether (sulfide) groups is 1. The number of rotatable bonds is 7. The Kier molecular flexibility index (Phi) is 6.51. The fourth-order valence-electron chi connectivity index (χ4n) is 3.50. The molecule has 4 rings (SSSR count). The van der Waals surface area contributed by atoms with Gasteiger partial charge in [-0.15, -0.1) is 10.2 Å². The summed E-state index contributed by atoms with van der Waals surface area (Å²) < 4.78 is 45.9. The Morgan fingerprint density at radius 2 is 1.85 bits per heavy atom. The molecule has 34 heavy (non-hydrogen) atoms. The Bertz CT molecular complexity index is 1420. The monoisotopic (exact) mass is 491 g/mol. The SMILES string of the molecule is COc1ccccc1Cn1c(=O)c2ccccc2n2c(SC(C)C(=O)NCC(F)(F)F)nnc12. The van der Waals surface area contributed by atoms with E-state index in [1.807, 2.05) is 23.5 Å². The first kappa shape index (κ1) is 23.6. The number of alkyl halides is 3. The van der Waals surface area contributed by atoms with Crippen LogP contribution in [0.4, 0.5) is 13.2 Å². The summed E-state index contributed by atoms with van der Waals surface area (Å²) >= 11 is 0.952. The molecule has 1 N–H and O–H groups in total. The number of amides is 1. The van der Waals surface area contributed by atoms with Crippen molar-refractivity contribution in [2.24, 2.45) is 0 Å². The van der Waals surface area contributed by atoms with Crippen LogP contribution in [0.5, 0.6) is 5.75 Å². The Hall–Kier alpha value is -3.54. The van der Waals surface area contributed by atoms with Crippen molar-refractivity contribution in [2.75, 3.05) is 13.7 Å². The van der Waals surface area contributed by atoms with Crippen LogP contribution in [-0.4, -0.2) is 50.2 Å². The third-order valence-corrected chi connectivity index (χ3v) is 6.16. The Labute approximate surface area is 195 Å². The number of methoxy groups -OCH3 is 1. The molecule has 0 aliphatic rings. The lowest BCUT2D eigenvalue weighted by Crippen LogP contribution is -2.38. The lowest BCUT2D eigenvalue weighted by atomic mass is 10.2. The van der Waals surface area contributed by atoms with Crippen LogP contribution < -0.4 is 15.6 Å². The Morgan fingerprint density at radius 3 is 2.59 bits per heavy atom. The van der Waals surface area contributed by atoms with Crippen LogP contribution in [0.1, 0.15) is 12.5 Å². The van der Waals surface area contributed by atoms with Gasteiger partial charge in [-0.25, -0.2) is 0 Å². The van der Waals surface area contributed by atoms with E-state index in [4.69, 9.17) is 4.74 Å². The molecule has 12 heteroatoms. The highest BCUT2D eigenvalue weighted by Crippen LogP contribution is 2.26. The molecule has 2 aromatic carbocycles. The van der Waals surface area contributed by atoms with Crippen molar-refractivity contribution in [1.82, 2.24) is 24.5 Å². The van der Waals surface area contributed by atoms with Crippen molar-refractivity contribution in [3.05, 3.63) is 64.4 Å². The van der Waals surface area contributed by atoms with E-state index in [0.29, 0.717) is 16.7 Å². The number of aromatic nitrogens is 4. The van der Waals surface area contributed by atoms with Gasteiger partial charge in [-0.3, -0.25) is 18.6 Å². The fraction of sp³-hybridized carbons (Fsp3) is 0.273. The number of benzene rings is 2. The number of nitrogens with zero attached hydrogens (tertiary/aromatic N) is 4. The zero-order valence-electron chi connectivity index (χ0n) is 18.2. The van der Waals surface area contributed by atoms with Gasteiger partial charge in [0.25, 0.3) is 5.56 Å². The molecule has 0 aliphatic heterocycles. The fourth-order valence-corrected chi connectivity index (χ4v) is 4.38. The van der Waals surface area contributed by atoms with Crippen molar-refractivity contribution in [3.63, 3.8) is 0 Å². The highest BCUT2D eigenvalue weighted by atomic mass is 32.2. The van der Waals surface area contributed by atoms with Gasteiger partial charge in [-0.1, -0.05) is 42.1 Å². The van der Waals surface area contributed by atoms with Crippen molar-refractivity contribution in [2.45, 2.75) is 30.1 Å². The number of para-hydroxylation sites is 2. The highest BCUT2D eigenvalue weighted by Gasteiger charge is 2.29. The van der Waals surface area contributed by atoms with Crippen LogP contribution in [-0.2, 0) is 11.3 Å². The van der Waals surface area contributed by atoms with Gasteiger partial charge in [0.15, 0.2) is 5.16 Å². The van der Waals surface area contributed by atoms with Crippen LogP contribution in [0, 0.1) is 0 Å². The number of hydrogen-bond acceptors (Lipinski definition) is 6. The van der Waals surface area contributed by atoms with Gasteiger partial charge in [0.1, 0.15) is 12.3 Å². The van der Waals surface area contributed by atoms with Crippen molar-refractivity contribution in [3.8, 4) is 5.75 Å². The molecule has 0 saturated carbocycles. The summed E-state index contributed by atoms with van der Waals surface area (Å²) in [5.74, 6) is 0.0514. The van der Waals surface area contributed by atoms with E-state index in [0.717, 1.165) is 17.3 Å². The van der Waals surface area contributed by atoms with Gasteiger partial charge in [0.05, 0.1) is 29.8 Å². The highest BCUT2D eigenvalue weighted by molar-refractivity contribution is 8.00. The second-order valence-electron chi connectivity index (χ2n) is 7.43. The second kappa shape index (κ2) is 9.37. The first-order chi connectivity index (χ1) is 16.2. The van der Waals surface area contributed by atoms with Gasteiger partial charge in [-0.05, 0) is 25.1 Å². The molecule has 2 heterocycles. The van der Waals surface area contributed by atoms with Gasteiger partial charge in [0, 0.05) is 5.56 Å². The van der Waals surface area contributed by atoms with Crippen molar-refractivity contribution in [1.29, 1.82) is 0 Å². The van der Waals surface area contributed by atoms with Gasteiger partial charge < -0.3 is 10.1 Å². The minimum Gasteiger partial charge on any atom is -0.496 e. The van der Waals surface area contributed by atoms with Crippen LogP contribution in [0.25, 0.3) is 16.7 Å². The summed E-state index contributed by atoms with van der Waals surface area (Å²) in [6.07, 6.45) is -4.51. The van der Waals surface area contributed by atoms with Crippen LogP contribution in [0.2, 0.25) is 0 Å². The van der Waals surface area contributed by atoms with Gasteiger partial charge in [0.2, 0.25) is 11.7 Å². The van der Waals surface area contributed by atoms with Crippen molar-refractivity contribution >= 4 is 34.3 Å². The third-order valence-electron chi connectivity index (χ3n) is 5.11. The van der Waals surface area contributed by atoms with Gasteiger partial charge in [-0.2, -0.15) is 13.2 Å². The predicted molar refractivity (Wildman–Crippen MR) is 121 cm³/mol. The van der Waals surface area contributed by atoms with Crippen LogP contribution in [0.3, 0.4) is 0 Å². The normalized spacial score (nSPS) is 12.7. The van der Waals surface area contributed by atoms with E-state index in [1.54, 1.807) is 34.7 Å². The predicted octanol–water partition coefficient (Wildman–Crippen LogP) is 3.26. The molecule has 2 aromatic heterocycles. The third kappa shape index (κ3) is 4.72. The average molecular weight is 491 g/mol. The number of ether oxygens (including phenoxy) is 1.